The summed E-state index contributed by atoms with van der Waals surface area (Å²) in [4.78, 5) is 13.8. The smallest absolute Gasteiger partial charge is 0.262 e. The summed E-state index contributed by atoms with van der Waals surface area (Å²) in [7, 11) is 3.95. The molecule has 1 amide bonds. The maximum absolute atomic E-state index is 11.8. The van der Waals surface area contributed by atoms with Crippen molar-refractivity contribution >= 4 is 17.3 Å². The minimum atomic E-state index is -0.172. The van der Waals surface area contributed by atoms with Crippen LogP contribution in [-0.4, -0.2) is 26.6 Å². The zero-order chi connectivity index (χ0) is 15.2. The van der Waals surface area contributed by atoms with Gasteiger partial charge in [0.1, 0.15) is 5.75 Å². The number of carbonyl (C=O) groups is 1. The Morgan fingerprint density at radius 2 is 1.86 bits per heavy atom. The van der Waals surface area contributed by atoms with Crippen molar-refractivity contribution in [1.82, 2.24) is 0 Å². The molecule has 1 N–H and O–H groups in total. The summed E-state index contributed by atoms with van der Waals surface area (Å²) in [5.41, 5.74) is 2.95. The fourth-order valence-corrected chi connectivity index (χ4v) is 1.89. The first kappa shape index (κ1) is 14.9. The number of amides is 1. The number of nitrogens with one attached hydrogen (secondary N) is 1. The molecular formula is C17H20N2O2. The van der Waals surface area contributed by atoms with Crippen molar-refractivity contribution in [3.8, 4) is 5.75 Å². The van der Waals surface area contributed by atoms with Gasteiger partial charge in [-0.1, -0.05) is 12.1 Å². The second-order valence-electron chi connectivity index (χ2n) is 5.09. The van der Waals surface area contributed by atoms with Crippen molar-refractivity contribution in [3.05, 3.63) is 54.1 Å². The summed E-state index contributed by atoms with van der Waals surface area (Å²) in [6, 6.07) is 15.3. The molecule has 0 radical (unpaired) electrons. The molecule has 2 aromatic rings. The molecule has 110 valence electrons. The van der Waals surface area contributed by atoms with Gasteiger partial charge < -0.3 is 15.0 Å². The van der Waals surface area contributed by atoms with Gasteiger partial charge in [-0.3, -0.25) is 4.79 Å². The lowest BCUT2D eigenvalue weighted by Gasteiger charge is -2.13. The van der Waals surface area contributed by atoms with Gasteiger partial charge in [0.15, 0.2) is 6.61 Å². The number of anilines is 2. The standard InChI is InChI=1S/C17H20N2O2/c1-13-5-4-6-16(11-13)21-12-17(20)18-14-7-9-15(10-8-14)19(2)3/h4-11H,12H2,1-3H3,(H,18,20). The predicted octanol–water partition coefficient (Wildman–Crippen LogP) is 3.08. The molecule has 0 unspecified atom stereocenters. The fourth-order valence-electron chi connectivity index (χ4n) is 1.89. The van der Waals surface area contributed by atoms with Crippen LogP contribution in [0.4, 0.5) is 11.4 Å². The molecule has 0 fully saturated rings. The summed E-state index contributed by atoms with van der Waals surface area (Å²) >= 11 is 0. The first-order valence-corrected chi connectivity index (χ1v) is 6.81. The fraction of sp³-hybridized carbons (Fsp3) is 0.235. The van der Waals surface area contributed by atoms with E-state index in [1.165, 1.54) is 0 Å². The number of hydrogen-bond donors (Lipinski definition) is 1. The maximum Gasteiger partial charge on any atom is 0.262 e. The molecule has 0 bridgehead atoms. The third-order valence-corrected chi connectivity index (χ3v) is 3.03. The molecule has 4 heteroatoms. The van der Waals surface area contributed by atoms with Gasteiger partial charge in [-0.2, -0.15) is 0 Å². The molecule has 0 saturated carbocycles. The molecule has 0 aromatic heterocycles. The molecule has 0 aliphatic carbocycles. The third kappa shape index (κ3) is 4.53. The highest BCUT2D eigenvalue weighted by Gasteiger charge is 2.04. The molecule has 0 heterocycles. The predicted molar refractivity (Wildman–Crippen MR) is 86.1 cm³/mol. The molecule has 0 saturated heterocycles. The summed E-state index contributed by atoms with van der Waals surface area (Å²) in [5.74, 6) is 0.530. The Bertz CT molecular complexity index is 606. The van der Waals surface area contributed by atoms with Gasteiger partial charge in [-0.05, 0) is 48.9 Å². The van der Waals surface area contributed by atoms with E-state index in [9.17, 15) is 4.79 Å². The lowest BCUT2D eigenvalue weighted by molar-refractivity contribution is -0.118. The van der Waals surface area contributed by atoms with Crippen molar-refractivity contribution in [2.24, 2.45) is 0 Å². The minimum absolute atomic E-state index is 0.00111. The van der Waals surface area contributed by atoms with E-state index in [-0.39, 0.29) is 12.5 Å². The number of aryl methyl sites for hydroxylation is 1. The van der Waals surface area contributed by atoms with Crippen molar-refractivity contribution in [3.63, 3.8) is 0 Å². The third-order valence-electron chi connectivity index (χ3n) is 3.03. The van der Waals surface area contributed by atoms with E-state index in [0.29, 0.717) is 5.75 Å². The van der Waals surface area contributed by atoms with Crippen LogP contribution in [0.2, 0.25) is 0 Å². The van der Waals surface area contributed by atoms with E-state index in [4.69, 9.17) is 4.74 Å². The van der Waals surface area contributed by atoms with Crippen LogP contribution in [0.5, 0.6) is 5.75 Å². The van der Waals surface area contributed by atoms with E-state index < -0.39 is 0 Å². The normalized spacial score (nSPS) is 10.0. The molecule has 2 aromatic carbocycles. The second kappa shape index (κ2) is 6.79. The molecule has 0 atom stereocenters. The zero-order valence-corrected chi connectivity index (χ0v) is 12.6. The number of carbonyl (C=O) groups excluding carboxylic acids is 1. The first-order chi connectivity index (χ1) is 10.0. The Morgan fingerprint density at radius 1 is 1.14 bits per heavy atom. The first-order valence-electron chi connectivity index (χ1n) is 6.81. The largest absolute Gasteiger partial charge is 0.484 e. The van der Waals surface area contributed by atoms with Crippen molar-refractivity contribution in [2.75, 3.05) is 30.9 Å². The highest BCUT2D eigenvalue weighted by atomic mass is 16.5. The molecular weight excluding hydrogens is 264 g/mol. The highest BCUT2D eigenvalue weighted by molar-refractivity contribution is 5.92. The van der Waals surface area contributed by atoms with E-state index in [0.717, 1.165) is 16.9 Å². The number of benzene rings is 2. The molecule has 0 spiro atoms. The van der Waals surface area contributed by atoms with E-state index >= 15 is 0 Å². The molecule has 0 aliphatic heterocycles. The molecule has 4 nitrogen and oxygen atoms in total. The summed E-state index contributed by atoms with van der Waals surface area (Å²) in [6.07, 6.45) is 0. The zero-order valence-electron chi connectivity index (χ0n) is 12.6. The van der Waals surface area contributed by atoms with Crippen LogP contribution in [0.15, 0.2) is 48.5 Å². The Morgan fingerprint density at radius 3 is 2.48 bits per heavy atom. The Labute approximate surface area is 125 Å². The van der Waals surface area contributed by atoms with Crippen LogP contribution in [-0.2, 0) is 4.79 Å². The minimum Gasteiger partial charge on any atom is -0.484 e. The lowest BCUT2D eigenvalue weighted by Crippen LogP contribution is -2.20. The highest BCUT2D eigenvalue weighted by Crippen LogP contribution is 2.16. The van der Waals surface area contributed by atoms with Crippen LogP contribution in [0, 0.1) is 6.92 Å². The van der Waals surface area contributed by atoms with Crippen LogP contribution < -0.4 is 15.0 Å². The topological polar surface area (TPSA) is 41.6 Å². The number of hydrogen-bond acceptors (Lipinski definition) is 3. The second-order valence-corrected chi connectivity index (χ2v) is 5.09. The Kier molecular flexibility index (Phi) is 4.82. The quantitative estimate of drug-likeness (QED) is 0.917. The number of ether oxygens (including phenoxy) is 1. The van der Waals surface area contributed by atoms with Crippen LogP contribution in [0.1, 0.15) is 5.56 Å². The van der Waals surface area contributed by atoms with E-state index in [1.807, 2.05) is 74.4 Å². The van der Waals surface area contributed by atoms with Gasteiger partial charge in [-0.15, -0.1) is 0 Å². The van der Waals surface area contributed by atoms with E-state index in [2.05, 4.69) is 5.32 Å². The summed E-state index contributed by atoms with van der Waals surface area (Å²) < 4.78 is 5.46. The van der Waals surface area contributed by atoms with E-state index in [1.54, 1.807) is 0 Å². The van der Waals surface area contributed by atoms with Crippen molar-refractivity contribution in [2.45, 2.75) is 6.92 Å². The summed E-state index contributed by atoms with van der Waals surface area (Å²) in [6.45, 7) is 1.98. The van der Waals surface area contributed by atoms with Crippen molar-refractivity contribution in [1.29, 1.82) is 0 Å². The van der Waals surface area contributed by atoms with Gasteiger partial charge in [0.05, 0.1) is 0 Å². The van der Waals surface area contributed by atoms with Crippen LogP contribution in [0.25, 0.3) is 0 Å². The SMILES string of the molecule is Cc1cccc(OCC(=O)Nc2ccc(N(C)C)cc2)c1. The lowest BCUT2D eigenvalue weighted by atomic mass is 10.2. The monoisotopic (exact) mass is 284 g/mol. The Balaban J connectivity index is 1.87. The number of nitrogens with zero attached hydrogens (tertiary/aromatic N) is 1. The van der Waals surface area contributed by atoms with Gasteiger partial charge in [0.2, 0.25) is 0 Å². The molecule has 21 heavy (non-hydrogen) atoms. The van der Waals surface area contributed by atoms with Gasteiger partial charge in [-0.25, -0.2) is 0 Å². The van der Waals surface area contributed by atoms with Crippen molar-refractivity contribution < 1.29 is 9.53 Å². The number of rotatable bonds is 5. The van der Waals surface area contributed by atoms with Gasteiger partial charge >= 0.3 is 0 Å². The van der Waals surface area contributed by atoms with Gasteiger partial charge in [0, 0.05) is 25.5 Å². The molecule has 0 aliphatic rings. The van der Waals surface area contributed by atoms with Gasteiger partial charge in [0.25, 0.3) is 5.91 Å². The summed E-state index contributed by atoms with van der Waals surface area (Å²) in [5, 5.41) is 2.81. The average molecular weight is 284 g/mol. The Hall–Kier alpha value is -2.49. The maximum atomic E-state index is 11.8. The van der Waals surface area contributed by atoms with Crippen LogP contribution >= 0.6 is 0 Å². The average Bonchev–Trinajstić information content (AvgIpc) is 2.46. The molecule has 2 rings (SSSR count). The van der Waals surface area contributed by atoms with Crippen LogP contribution in [0.3, 0.4) is 0 Å².